The first-order valence-corrected chi connectivity index (χ1v) is 8.16. The molecule has 0 aliphatic carbocycles. The van der Waals surface area contributed by atoms with Gasteiger partial charge in [-0.05, 0) is 36.4 Å². The molecule has 0 saturated heterocycles. The van der Waals surface area contributed by atoms with Crippen LogP contribution in [-0.2, 0) is 4.79 Å². The Bertz CT molecular complexity index is 951. The summed E-state index contributed by atoms with van der Waals surface area (Å²) < 4.78 is 6.63. The zero-order valence-corrected chi connectivity index (χ0v) is 13.7. The second-order valence-corrected chi connectivity index (χ2v) is 5.95. The number of ether oxygens (including phenoxy) is 1. The molecule has 2 aromatic carbocycles. The molecule has 1 aromatic heterocycles. The maximum absolute atomic E-state index is 12.9. The predicted molar refractivity (Wildman–Crippen MR) is 93.8 cm³/mol. The van der Waals surface area contributed by atoms with E-state index in [1.165, 1.54) is 4.57 Å². The van der Waals surface area contributed by atoms with Gasteiger partial charge < -0.3 is 10.5 Å². The maximum atomic E-state index is 12.9. The molecule has 3 rings (SSSR count). The van der Waals surface area contributed by atoms with Crippen molar-refractivity contribution in [3.63, 3.8) is 0 Å². The molecule has 6 nitrogen and oxygen atoms in total. The topological polar surface area (TPSA) is 87.2 Å². The summed E-state index contributed by atoms with van der Waals surface area (Å²) in [7, 11) is 1.58. The molecule has 2 N–H and O–H groups in total. The van der Waals surface area contributed by atoms with Crippen LogP contribution >= 0.6 is 11.8 Å². The van der Waals surface area contributed by atoms with Crippen molar-refractivity contribution in [3.8, 4) is 11.4 Å². The standard InChI is InChI=1S/C17H15N3O3S/c1-23-12-8-6-11(7-9-12)20-16(22)13-4-2-3-5-14(13)19-17(20)24-10-15(18)21/h2-9H,10H2,1H3,(H2,18,21). The molecule has 0 radical (unpaired) electrons. The smallest absolute Gasteiger partial charge is 0.266 e. The number of methoxy groups -OCH3 is 1. The number of rotatable bonds is 5. The van der Waals surface area contributed by atoms with Gasteiger partial charge in [-0.15, -0.1) is 0 Å². The average molecular weight is 341 g/mol. The fourth-order valence-corrected chi connectivity index (χ4v) is 3.06. The predicted octanol–water partition coefficient (Wildman–Crippen LogP) is 1.97. The summed E-state index contributed by atoms with van der Waals surface area (Å²) in [5, 5.41) is 0.930. The van der Waals surface area contributed by atoms with Crippen molar-refractivity contribution >= 4 is 28.6 Å². The molecule has 0 saturated carbocycles. The van der Waals surface area contributed by atoms with E-state index in [1.54, 1.807) is 49.6 Å². The number of carbonyl (C=O) groups is 1. The lowest BCUT2D eigenvalue weighted by molar-refractivity contribution is -0.115. The number of benzene rings is 2. The van der Waals surface area contributed by atoms with Crippen molar-refractivity contribution in [2.75, 3.05) is 12.9 Å². The summed E-state index contributed by atoms with van der Waals surface area (Å²) in [6.45, 7) is 0. The number of hydrogen-bond donors (Lipinski definition) is 1. The normalized spacial score (nSPS) is 10.7. The van der Waals surface area contributed by atoms with Crippen molar-refractivity contribution in [2.24, 2.45) is 5.73 Å². The van der Waals surface area contributed by atoms with Crippen molar-refractivity contribution in [1.29, 1.82) is 0 Å². The number of aromatic nitrogens is 2. The Morgan fingerprint density at radius 2 is 1.92 bits per heavy atom. The Labute approximate surface area is 142 Å². The number of nitrogens with zero attached hydrogens (tertiary/aromatic N) is 2. The van der Waals surface area contributed by atoms with Gasteiger partial charge in [0.05, 0.1) is 29.5 Å². The lowest BCUT2D eigenvalue weighted by Gasteiger charge is -2.13. The molecule has 24 heavy (non-hydrogen) atoms. The molecule has 0 aliphatic heterocycles. The Morgan fingerprint density at radius 3 is 2.58 bits per heavy atom. The van der Waals surface area contributed by atoms with Crippen LogP contribution in [0.3, 0.4) is 0 Å². The third-order valence-corrected chi connectivity index (χ3v) is 4.38. The SMILES string of the molecule is COc1ccc(-n2c(SCC(N)=O)nc3ccccc3c2=O)cc1. The lowest BCUT2D eigenvalue weighted by Crippen LogP contribution is -2.23. The zero-order chi connectivity index (χ0) is 17.1. The van der Waals surface area contributed by atoms with E-state index in [1.807, 2.05) is 6.07 Å². The van der Waals surface area contributed by atoms with E-state index in [0.717, 1.165) is 11.8 Å². The molecule has 0 aliphatic rings. The number of nitrogens with two attached hydrogens (primary N) is 1. The maximum Gasteiger partial charge on any atom is 0.266 e. The molecule has 1 amide bonds. The van der Waals surface area contributed by atoms with Crippen LogP contribution < -0.4 is 16.0 Å². The minimum absolute atomic E-state index is 0.0426. The number of amides is 1. The van der Waals surface area contributed by atoms with E-state index in [-0.39, 0.29) is 11.3 Å². The fraction of sp³-hybridized carbons (Fsp3) is 0.118. The van der Waals surface area contributed by atoms with Gasteiger partial charge in [-0.25, -0.2) is 4.98 Å². The number of carbonyl (C=O) groups excluding carboxylic acids is 1. The summed E-state index contributed by atoms with van der Waals surface area (Å²) in [5.74, 6) is 0.261. The van der Waals surface area contributed by atoms with E-state index in [4.69, 9.17) is 10.5 Å². The van der Waals surface area contributed by atoms with Crippen molar-refractivity contribution in [2.45, 2.75) is 5.16 Å². The van der Waals surface area contributed by atoms with Crippen LogP contribution in [0.2, 0.25) is 0 Å². The summed E-state index contributed by atoms with van der Waals surface area (Å²) in [6, 6.07) is 14.2. The van der Waals surface area contributed by atoms with Crippen molar-refractivity contribution in [3.05, 3.63) is 58.9 Å². The second-order valence-electron chi connectivity index (χ2n) is 5.01. The number of thioether (sulfide) groups is 1. The van der Waals surface area contributed by atoms with Crippen LogP contribution in [0.15, 0.2) is 58.5 Å². The lowest BCUT2D eigenvalue weighted by atomic mass is 10.2. The molecule has 0 unspecified atom stereocenters. The van der Waals surface area contributed by atoms with Gasteiger partial charge in [0.15, 0.2) is 5.16 Å². The Hall–Kier alpha value is -2.80. The first-order chi connectivity index (χ1) is 11.6. The molecule has 0 atom stereocenters. The molecule has 122 valence electrons. The van der Waals surface area contributed by atoms with Crippen LogP contribution in [0.1, 0.15) is 0 Å². The monoisotopic (exact) mass is 341 g/mol. The van der Waals surface area contributed by atoms with Crippen molar-refractivity contribution < 1.29 is 9.53 Å². The van der Waals surface area contributed by atoms with Gasteiger partial charge in [0.2, 0.25) is 5.91 Å². The van der Waals surface area contributed by atoms with Crippen LogP contribution in [0.4, 0.5) is 0 Å². The second kappa shape index (κ2) is 6.76. The molecular weight excluding hydrogens is 326 g/mol. The van der Waals surface area contributed by atoms with E-state index < -0.39 is 5.91 Å². The van der Waals surface area contributed by atoms with Crippen LogP contribution in [0.5, 0.6) is 5.75 Å². The summed E-state index contributed by atoms with van der Waals surface area (Å²) in [4.78, 5) is 28.5. The summed E-state index contributed by atoms with van der Waals surface area (Å²) >= 11 is 1.14. The molecule has 0 bridgehead atoms. The molecule has 3 aromatic rings. The van der Waals surface area contributed by atoms with Gasteiger partial charge in [0.25, 0.3) is 5.56 Å². The quantitative estimate of drug-likeness (QED) is 0.566. The summed E-state index contributed by atoms with van der Waals surface area (Å²) in [6.07, 6.45) is 0. The fourth-order valence-electron chi connectivity index (χ4n) is 2.30. The van der Waals surface area contributed by atoms with Crippen LogP contribution in [0, 0.1) is 0 Å². The minimum Gasteiger partial charge on any atom is -0.497 e. The third kappa shape index (κ3) is 3.11. The first kappa shape index (κ1) is 16.1. The van der Waals surface area contributed by atoms with E-state index in [0.29, 0.717) is 27.5 Å². The summed E-state index contributed by atoms with van der Waals surface area (Å²) in [5.41, 5.74) is 6.26. The van der Waals surface area contributed by atoms with E-state index in [2.05, 4.69) is 4.98 Å². The highest BCUT2D eigenvalue weighted by molar-refractivity contribution is 7.99. The van der Waals surface area contributed by atoms with Gasteiger partial charge in [0.1, 0.15) is 5.75 Å². The molecule has 0 spiro atoms. The van der Waals surface area contributed by atoms with Gasteiger partial charge >= 0.3 is 0 Å². The molecule has 1 heterocycles. The van der Waals surface area contributed by atoms with Gasteiger partial charge in [-0.3, -0.25) is 14.2 Å². The average Bonchev–Trinajstić information content (AvgIpc) is 2.60. The number of primary amides is 1. The van der Waals surface area contributed by atoms with Gasteiger partial charge in [-0.1, -0.05) is 23.9 Å². The highest BCUT2D eigenvalue weighted by atomic mass is 32.2. The first-order valence-electron chi connectivity index (χ1n) is 7.17. The number of fused-ring (bicyclic) bond motifs is 1. The van der Waals surface area contributed by atoms with Crippen molar-refractivity contribution in [1.82, 2.24) is 9.55 Å². The van der Waals surface area contributed by atoms with Gasteiger partial charge in [-0.2, -0.15) is 0 Å². The largest absolute Gasteiger partial charge is 0.497 e. The van der Waals surface area contributed by atoms with Crippen LogP contribution in [-0.4, -0.2) is 28.3 Å². The highest BCUT2D eigenvalue weighted by Gasteiger charge is 2.14. The minimum atomic E-state index is -0.469. The molecule has 0 fully saturated rings. The van der Waals surface area contributed by atoms with Crippen LogP contribution in [0.25, 0.3) is 16.6 Å². The zero-order valence-electron chi connectivity index (χ0n) is 12.9. The Balaban J connectivity index is 2.21. The van der Waals surface area contributed by atoms with Gasteiger partial charge in [0, 0.05) is 0 Å². The van der Waals surface area contributed by atoms with E-state index >= 15 is 0 Å². The molecule has 7 heteroatoms. The number of para-hydroxylation sites is 1. The Morgan fingerprint density at radius 1 is 1.21 bits per heavy atom. The molecular formula is C17H15N3O3S. The Kier molecular flexibility index (Phi) is 4.52. The number of hydrogen-bond acceptors (Lipinski definition) is 5. The third-order valence-electron chi connectivity index (χ3n) is 3.42. The van der Waals surface area contributed by atoms with E-state index in [9.17, 15) is 9.59 Å². The highest BCUT2D eigenvalue weighted by Crippen LogP contribution is 2.22.